The van der Waals surface area contributed by atoms with Crippen LogP contribution in [0.2, 0.25) is 0 Å². The monoisotopic (exact) mass is 332 g/mol. The molecule has 1 aliphatic heterocycles. The summed E-state index contributed by atoms with van der Waals surface area (Å²) in [6, 6.07) is 12.0. The van der Waals surface area contributed by atoms with Crippen molar-refractivity contribution >= 4 is 16.7 Å². The number of rotatable bonds is 3. The van der Waals surface area contributed by atoms with Crippen LogP contribution in [0.3, 0.4) is 0 Å². The largest absolute Gasteiger partial charge is 0.380 e. The third kappa shape index (κ3) is 2.86. The summed E-state index contributed by atoms with van der Waals surface area (Å²) in [5.41, 5.74) is 4.81. The van der Waals surface area contributed by atoms with Gasteiger partial charge in [0.2, 0.25) is 0 Å². The minimum atomic E-state index is 0.265. The predicted octanol–water partition coefficient (Wildman–Crippen LogP) is 3.72. The number of hydrogen-bond acceptors (Lipinski definition) is 4. The van der Waals surface area contributed by atoms with E-state index in [1.807, 2.05) is 36.7 Å². The minimum Gasteiger partial charge on any atom is -0.380 e. The summed E-state index contributed by atoms with van der Waals surface area (Å²) in [7, 11) is 1.78. The number of nitrogens with zero attached hydrogens (tertiary/aromatic N) is 3. The number of anilines is 1. The van der Waals surface area contributed by atoms with Gasteiger partial charge in [-0.1, -0.05) is 12.1 Å². The number of benzene rings is 1. The summed E-state index contributed by atoms with van der Waals surface area (Å²) in [5, 5.41) is 10.3. The van der Waals surface area contributed by atoms with Crippen molar-refractivity contribution in [1.82, 2.24) is 9.97 Å². The van der Waals surface area contributed by atoms with Gasteiger partial charge in [-0.25, -0.2) is 4.98 Å². The van der Waals surface area contributed by atoms with Gasteiger partial charge in [0, 0.05) is 43.5 Å². The molecule has 1 saturated heterocycles. The van der Waals surface area contributed by atoms with Gasteiger partial charge in [-0.05, 0) is 36.6 Å². The highest BCUT2D eigenvalue weighted by Crippen LogP contribution is 2.36. The fourth-order valence-electron chi connectivity index (χ4n) is 3.64. The Morgan fingerprint density at radius 2 is 2.28 bits per heavy atom. The molecule has 3 aromatic rings. The number of methoxy groups -OCH3 is 1. The first-order valence-corrected chi connectivity index (χ1v) is 8.54. The molecule has 1 N–H and O–H groups in total. The van der Waals surface area contributed by atoms with Crippen molar-refractivity contribution in [1.29, 1.82) is 5.26 Å². The molecule has 3 heterocycles. The van der Waals surface area contributed by atoms with E-state index in [-0.39, 0.29) is 6.10 Å². The van der Waals surface area contributed by atoms with Crippen LogP contribution < -0.4 is 4.90 Å². The number of aromatic amines is 1. The van der Waals surface area contributed by atoms with Gasteiger partial charge >= 0.3 is 0 Å². The van der Waals surface area contributed by atoms with E-state index in [1.165, 1.54) is 5.69 Å². The Bertz CT molecular complexity index is 940. The van der Waals surface area contributed by atoms with Crippen LogP contribution in [0.5, 0.6) is 0 Å². The molecule has 126 valence electrons. The Labute approximate surface area is 146 Å². The molecule has 0 amide bonds. The van der Waals surface area contributed by atoms with Crippen molar-refractivity contribution in [3.05, 3.63) is 48.3 Å². The second kappa shape index (κ2) is 6.58. The zero-order valence-electron chi connectivity index (χ0n) is 14.2. The van der Waals surface area contributed by atoms with Crippen LogP contribution in [-0.2, 0) is 4.74 Å². The second-order valence-corrected chi connectivity index (χ2v) is 6.39. The molecule has 0 unspecified atom stereocenters. The summed E-state index contributed by atoms with van der Waals surface area (Å²) in [6.45, 7) is 1.90. The lowest BCUT2D eigenvalue weighted by Crippen LogP contribution is -2.39. The van der Waals surface area contributed by atoms with Crippen LogP contribution in [0.15, 0.2) is 42.7 Å². The number of H-pyrrole nitrogens is 1. The fraction of sp³-hybridized carbons (Fsp3) is 0.300. The summed E-state index contributed by atoms with van der Waals surface area (Å²) >= 11 is 0. The molecule has 5 nitrogen and oxygen atoms in total. The lowest BCUT2D eigenvalue weighted by atomic mass is 10.0. The lowest BCUT2D eigenvalue weighted by Gasteiger charge is -2.34. The molecule has 0 radical (unpaired) electrons. The Morgan fingerprint density at radius 1 is 1.36 bits per heavy atom. The molecule has 1 aromatic carbocycles. The number of hydrogen-bond donors (Lipinski definition) is 1. The van der Waals surface area contributed by atoms with Crippen molar-refractivity contribution in [2.24, 2.45) is 0 Å². The molecule has 0 saturated carbocycles. The van der Waals surface area contributed by atoms with Gasteiger partial charge in [-0.3, -0.25) is 0 Å². The number of aromatic nitrogens is 2. The van der Waals surface area contributed by atoms with Gasteiger partial charge in [0.05, 0.1) is 23.4 Å². The number of piperidine rings is 1. The van der Waals surface area contributed by atoms with Crippen LogP contribution >= 0.6 is 0 Å². The van der Waals surface area contributed by atoms with Gasteiger partial charge in [0.1, 0.15) is 5.65 Å². The first-order chi connectivity index (χ1) is 12.3. The van der Waals surface area contributed by atoms with E-state index in [1.54, 1.807) is 7.11 Å². The SMILES string of the molecule is CO[C@@H]1CCCN(c2ccnc3[nH]cc(-c4cccc(C#N)c4)c23)C1. The molecule has 25 heavy (non-hydrogen) atoms. The normalized spacial score (nSPS) is 17.6. The van der Waals surface area contributed by atoms with Crippen molar-refractivity contribution in [2.75, 3.05) is 25.1 Å². The van der Waals surface area contributed by atoms with Gasteiger partial charge in [-0.2, -0.15) is 5.26 Å². The van der Waals surface area contributed by atoms with Crippen LogP contribution in [0.4, 0.5) is 5.69 Å². The second-order valence-electron chi connectivity index (χ2n) is 6.39. The lowest BCUT2D eigenvalue weighted by molar-refractivity contribution is 0.0894. The van der Waals surface area contributed by atoms with Gasteiger partial charge in [0.15, 0.2) is 0 Å². The Balaban J connectivity index is 1.83. The van der Waals surface area contributed by atoms with E-state index in [0.29, 0.717) is 5.56 Å². The van der Waals surface area contributed by atoms with E-state index in [4.69, 9.17) is 4.74 Å². The molecule has 5 heteroatoms. The highest BCUT2D eigenvalue weighted by molar-refractivity contribution is 6.02. The van der Waals surface area contributed by atoms with E-state index in [9.17, 15) is 5.26 Å². The standard InChI is InChI=1S/C20H20N4O/c1-25-16-6-3-9-24(13-16)18-7-8-22-20-19(18)17(12-23-20)15-5-2-4-14(10-15)11-21/h2,4-5,7-8,10,12,16H,3,6,9,13H2,1H3,(H,22,23)/t16-/m1/s1. The quantitative estimate of drug-likeness (QED) is 0.794. The Hall–Kier alpha value is -2.84. The van der Waals surface area contributed by atoms with E-state index in [0.717, 1.165) is 48.1 Å². The van der Waals surface area contributed by atoms with Crippen LogP contribution in [0.25, 0.3) is 22.2 Å². The molecular formula is C20H20N4O. The highest BCUT2D eigenvalue weighted by Gasteiger charge is 2.23. The zero-order valence-corrected chi connectivity index (χ0v) is 14.2. The number of ether oxygens (including phenoxy) is 1. The Kier molecular flexibility index (Phi) is 4.12. The van der Waals surface area contributed by atoms with Crippen LogP contribution in [-0.4, -0.2) is 36.3 Å². The molecular weight excluding hydrogens is 312 g/mol. The molecule has 1 aliphatic rings. The average Bonchev–Trinajstić information content (AvgIpc) is 3.12. The number of fused-ring (bicyclic) bond motifs is 1. The zero-order chi connectivity index (χ0) is 17.2. The van der Waals surface area contributed by atoms with Gasteiger partial charge in [0.25, 0.3) is 0 Å². The van der Waals surface area contributed by atoms with Crippen molar-refractivity contribution in [3.63, 3.8) is 0 Å². The van der Waals surface area contributed by atoms with E-state index in [2.05, 4.69) is 27.0 Å². The molecule has 0 aliphatic carbocycles. The fourth-order valence-corrected chi connectivity index (χ4v) is 3.64. The van der Waals surface area contributed by atoms with Crippen molar-refractivity contribution in [3.8, 4) is 17.2 Å². The van der Waals surface area contributed by atoms with Crippen molar-refractivity contribution < 1.29 is 4.74 Å². The summed E-state index contributed by atoms with van der Waals surface area (Å²) in [4.78, 5) is 10.1. The number of pyridine rings is 1. The molecule has 4 rings (SSSR count). The van der Waals surface area contributed by atoms with Crippen molar-refractivity contribution in [2.45, 2.75) is 18.9 Å². The minimum absolute atomic E-state index is 0.265. The van der Waals surface area contributed by atoms with Crippen LogP contribution in [0.1, 0.15) is 18.4 Å². The smallest absolute Gasteiger partial charge is 0.139 e. The average molecular weight is 332 g/mol. The van der Waals surface area contributed by atoms with Crippen LogP contribution in [0, 0.1) is 11.3 Å². The topological polar surface area (TPSA) is 64.9 Å². The first-order valence-electron chi connectivity index (χ1n) is 8.54. The Morgan fingerprint density at radius 3 is 3.12 bits per heavy atom. The van der Waals surface area contributed by atoms with Gasteiger partial charge < -0.3 is 14.6 Å². The molecule has 0 spiro atoms. The molecule has 1 fully saturated rings. The maximum atomic E-state index is 9.20. The summed E-state index contributed by atoms with van der Waals surface area (Å²) in [5.74, 6) is 0. The third-order valence-electron chi connectivity index (χ3n) is 4.91. The maximum Gasteiger partial charge on any atom is 0.139 e. The maximum absolute atomic E-state index is 9.20. The summed E-state index contributed by atoms with van der Waals surface area (Å²) < 4.78 is 5.58. The van der Waals surface area contributed by atoms with Gasteiger partial charge in [-0.15, -0.1) is 0 Å². The van der Waals surface area contributed by atoms with E-state index < -0.39 is 0 Å². The first kappa shape index (κ1) is 15.7. The summed E-state index contributed by atoms with van der Waals surface area (Å²) in [6.07, 6.45) is 6.31. The highest BCUT2D eigenvalue weighted by atomic mass is 16.5. The number of nitrogens with one attached hydrogen (secondary N) is 1. The third-order valence-corrected chi connectivity index (χ3v) is 4.91. The molecule has 0 bridgehead atoms. The molecule has 2 aromatic heterocycles. The predicted molar refractivity (Wildman–Crippen MR) is 98.5 cm³/mol. The number of nitriles is 1. The molecule has 1 atom stereocenters. The van der Waals surface area contributed by atoms with E-state index >= 15 is 0 Å².